The van der Waals surface area contributed by atoms with E-state index in [0.29, 0.717) is 18.3 Å². The molecule has 4 heteroatoms. The van der Waals surface area contributed by atoms with Crippen LogP contribution in [0.3, 0.4) is 0 Å². The average molecular weight is 355 g/mol. The maximum absolute atomic E-state index is 13.1. The molecule has 0 aromatic heterocycles. The van der Waals surface area contributed by atoms with Gasteiger partial charge < -0.3 is 9.84 Å². The molecule has 1 aliphatic carbocycles. The molecule has 0 aromatic rings. The molecule has 0 saturated heterocycles. The molecule has 1 rings (SSSR count). The van der Waals surface area contributed by atoms with Crippen LogP contribution in [0.15, 0.2) is 0 Å². The SMILES string of the molecule is CCCC(C)(C)OC(=O)C1(C(=O)O)CCC(CC(C)C)C1CC(C)C. The number of rotatable bonds is 9. The van der Waals surface area contributed by atoms with Crippen LogP contribution in [0.4, 0.5) is 0 Å². The molecular formula is C21H38O4. The Bertz CT molecular complexity index is 467. The van der Waals surface area contributed by atoms with Crippen molar-refractivity contribution in [2.24, 2.45) is 29.1 Å². The van der Waals surface area contributed by atoms with E-state index in [4.69, 9.17) is 4.74 Å². The Morgan fingerprint density at radius 3 is 2.16 bits per heavy atom. The van der Waals surface area contributed by atoms with Gasteiger partial charge in [0.05, 0.1) is 0 Å². The van der Waals surface area contributed by atoms with Gasteiger partial charge in [-0.25, -0.2) is 0 Å². The monoisotopic (exact) mass is 354 g/mol. The number of hydrogen-bond donors (Lipinski definition) is 1. The van der Waals surface area contributed by atoms with E-state index in [-0.39, 0.29) is 11.8 Å². The van der Waals surface area contributed by atoms with Crippen LogP contribution < -0.4 is 0 Å². The van der Waals surface area contributed by atoms with Crippen LogP contribution in [0.5, 0.6) is 0 Å². The number of carbonyl (C=O) groups excluding carboxylic acids is 1. The van der Waals surface area contributed by atoms with Crippen LogP contribution in [0.1, 0.15) is 87.0 Å². The molecule has 3 unspecified atom stereocenters. The number of aliphatic carboxylic acids is 1. The van der Waals surface area contributed by atoms with E-state index in [1.54, 1.807) is 0 Å². The Morgan fingerprint density at radius 2 is 1.72 bits per heavy atom. The first-order valence-corrected chi connectivity index (χ1v) is 9.93. The zero-order valence-corrected chi connectivity index (χ0v) is 17.2. The van der Waals surface area contributed by atoms with Gasteiger partial charge in [-0.1, -0.05) is 41.0 Å². The maximum atomic E-state index is 13.1. The van der Waals surface area contributed by atoms with Gasteiger partial charge in [-0.2, -0.15) is 0 Å². The molecular weight excluding hydrogens is 316 g/mol. The number of ether oxygens (including phenoxy) is 1. The third-order valence-corrected chi connectivity index (χ3v) is 5.58. The van der Waals surface area contributed by atoms with Crippen LogP contribution in [0.2, 0.25) is 0 Å². The summed E-state index contributed by atoms with van der Waals surface area (Å²) in [7, 11) is 0. The smallest absolute Gasteiger partial charge is 0.324 e. The molecule has 146 valence electrons. The molecule has 0 aliphatic heterocycles. The summed E-state index contributed by atoms with van der Waals surface area (Å²) in [4.78, 5) is 25.5. The maximum Gasteiger partial charge on any atom is 0.324 e. The first-order chi connectivity index (χ1) is 11.5. The molecule has 4 nitrogen and oxygen atoms in total. The molecule has 1 N–H and O–H groups in total. The van der Waals surface area contributed by atoms with E-state index in [1.165, 1.54) is 0 Å². The fourth-order valence-corrected chi connectivity index (χ4v) is 4.59. The predicted molar refractivity (Wildman–Crippen MR) is 100 cm³/mol. The second-order valence-electron chi connectivity index (χ2n) is 9.34. The third kappa shape index (κ3) is 5.21. The zero-order valence-electron chi connectivity index (χ0n) is 17.2. The second-order valence-corrected chi connectivity index (χ2v) is 9.34. The molecule has 0 heterocycles. The van der Waals surface area contributed by atoms with Crippen molar-refractivity contribution in [1.82, 2.24) is 0 Å². The molecule has 0 spiro atoms. The molecule has 0 radical (unpaired) electrons. The number of hydrogen-bond acceptors (Lipinski definition) is 3. The zero-order chi connectivity index (χ0) is 19.4. The van der Waals surface area contributed by atoms with Crippen LogP contribution >= 0.6 is 0 Å². The Labute approximate surface area is 153 Å². The lowest BCUT2D eigenvalue weighted by molar-refractivity contribution is -0.182. The first-order valence-electron chi connectivity index (χ1n) is 9.93. The predicted octanol–water partition coefficient (Wildman–Crippen LogP) is 5.30. The van der Waals surface area contributed by atoms with Gasteiger partial charge in [0.1, 0.15) is 5.60 Å². The van der Waals surface area contributed by atoms with Gasteiger partial charge in [-0.05, 0) is 69.6 Å². The third-order valence-electron chi connectivity index (χ3n) is 5.58. The van der Waals surface area contributed by atoms with Crippen molar-refractivity contribution in [2.45, 2.75) is 92.6 Å². The van der Waals surface area contributed by atoms with Gasteiger partial charge in [-0.15, -0.1) is 0 Å². The lowest BCUT2D eigenvalue weighted by atomic mass is 9.70. The van der Waals surface area contributed by atoms with Crippen molar-refractivity contribution in [3.63, 3.8) is 0 Å². The summed E-state index contributed by atoms with van der Waals surface area (Å²) < 4.78 is 5.77. The van der Waals surface area contributed by atoms with Gasteiger partial charge in [0.2, 0.25) is 0 Å². The molecule has 1 fully saturated rings. The van der Waals surface area contributed by atoms with Gasteiger partial charge >= 0.3 is 11.9 Å². The van der Waals surface area contributed by atoms with Crippen LogP contribution in [-0.4, -0.2) is 22.6 Å². The fraction of sp³-hybridized carbons (Fsp3) is 0.905. The summed E-state index contributed by atoms with van der Waals surface area (Å²) in [6, 6.07) is 0. The van der Waals surface area contributed by atoms with Crippen molar-refractivity contribution in [3.8, 4) is 0 Å². The van der Waals surface area contributed by atoms with E-state index < -0.39 is 23.0 Å². The van der Waals surface area contributed by atoms with Crippen molar-refractivity contribution in [2.75, 3.05) is 0 Å². The molecule has 1 saturated carbocycles. The standard InChI is InChI=1S/C21H38O4/c1-8-10-20(6,7)25-19(24)21(18(22)23)11-9-16(12-14(2)3)17(21)13-15(4)5/h14-17H,8-13H2,1-7H3,(H,22,23). The largest absolute Gasteiger partial charge is 0.480 e. The summed E-state index contributed by atoms with van der Waals surface area (Å²) >= 11 is 0. The minimum Gasteiger partial charge on any atom is -0.480 e. The van der Waals surface area contributed by atoms with E-state index in [0.717, 1.165) is 32.1 Å². The van der Waals surface area contributed by atoms with Gasteiger partial charge in [0.15, 0.2) is 5.41 Å². The Kier molecular flexibility index (Phi) is 7.52. The number of esters is 1. The van der Waals surface area contributed by atoms with Gasteiger partial charge in [0, 0.05) is 0 Å². The lowest BCUT2D eigenvalue weighted by Crippen LogP contribution is -2.48. The molecule has 0 bridgehead atoms. The Balaban J connectivity index is 3.19. The molecule has 3 atom stereocenters. The number of carbonyl (C=O) groups is 2. The van der Waals surface area contributed by atoms with E-state index in [2.05, 4.69) is 27.7 Å². The lowest BCUT2D eigenvalue weighted by Gasteiger charge is -2.36. The van der Waals surface area contributed by atoms with Crippen molar-refractivity contribution in [3.05, 3.63) is 0 Å². The van der Waals surface area contributed by atoms with Crippen molar-refractivity contribution < 1.29 is 19.4 Å². The normalized spacial score (nSPS) is 27.1. The molecule has 0 amide bonds. The van der Waals surface area contributed by atoms with Crippen LogP contribution in [0, 0.1) is 29.1 Å². The molecule has 25 heavy (non-hydrogen) atoms. The van der Waals surface area contributed by atoms with Crippen LogP contribution in [0.25, 0.3) is 0 Å². The highest BCUT2D eigenvalue weighted by atomic mass is 16.6. The summed E-state index contributed by atoms with van der Waals surface area (Å²) in [6.45, 7) is 14.3. The van der Waals surface area contributed by atoms with E-state index in [1.807, 2.05) is 20.8 Å². The first kappa shape index (κ1) is 22.0. The van der Waals surface area contributed by atoms with Gasteiger partial charge in [0.25, 0.3) is 0 Å². The highest BCUT2D eigenvalue weighted by Gasteiger charge is 2.60. The minimum atomic E-state index is -1.38. The fourth-order valence-electron chi connectivity index (χ4n) is 4.59. The number of carboxylic acid groups (broad SMARTS) is 1. The minimum absolute atomic E-state index is 0.141. The summed E-state index contributed by atoms with van der Waals surface area (Å²) in [5.41, 5.74) is -2.00. The summed E-state index contributed by atoms with van der Waals surface area (Å²) in [5, 5.41) is 10.1. The Hall–Kier alpha value is -1.06. The van der Waals surface area contributed by atoms with E-state index >= 15 is 0 Å². The molecule has 0 aromatic carbocycles. The highest BCUT2D eigenvalue weighted by Crippen LogP contribution is 2.53. The van der Waals surface area contributed by atoms with E-state index in [9.17, 15) is 14.7 Å². The Morgan fingerprint density at radius 1 is 1.16 bits per heavy atom. The number of carboxylic acids is 1. The molecule has 1 aliphatic rings. The van der Waals surface area contributed by atoms with Crippen molar-refractivity contribution >= 4 is 11.9 Å². The van der Waals surface area contributed by atoms with Crippen molar-refractivity contribution in [1.29, 1.82) is 0 Å². The average Bonchev–Trinajstić information content (AvgIpc) is 2.76. The van der Waals surface area contributed by atoms with Crippen LogP contribution in [-0.2, 0) is 14.3 Å². The van der Waals surface area contributed by atoms with Gasteiger partial charge in [-0.3, -0.25) is 9.59 Å². The summed E-state index contributed by atoms with van der Waals surface area (Å²) in [5.74, 6) is -0.528. The quantitative estimate of drug-likeness (QED) is 0.451. The summed E-state index contributed by atoms with van der Waals surface area (Å²) in [6.07, 6.45) is 4.55. The topological polar surface area (TPSA) is 63.6 Å². The highest BCUT2D eigenvalue weighted by molar-refractivity contribution is 6.00. The second kappa shape index (κ2) is 8.55.